The number of H-pyrrole nitrogens is 1. The molecule has 1 aromatic heterocycles. The molecule has 1 aromatic carbocycles. The number of piperazine rings is 1. The predicted molar refractivity (Wildman–Crippen MR) is 103 cm³/mol. The van der Waals surface area contributed by atoms with Gasteiger partial charge < -0.3 is 19.7 Å². The molecule has 1 aliphatic heterocycles. The predicted octanol–water partition coefficient (Wildman–Crippen LogP) is 1.72. The maximum Gasteiger partial charge on any atom is 0.224 e. The summed E-state index contributed by atoms with van der Waals surface area (Å²) in [5.74, 6) is 0.174. The van der Waals surface area contributed by atoms with Crippen LogP contribution in [0.15, 0.2) is 30.5 Å². The van der Waals surface area contributed by atoms with Gasteiger partial charge in [0.2, 0.25) is 11.8 Å². The summed E-state index contributed by atoms with van der Waals surface area (Å²) in [5.41, 5.74) is 2.32. The van der Waals surface area contributed by atoms with Gasteiger partial charge in [-0.15, -0.1) is 0 Å². The van der Waals surface area contributed by atoms with Gasteiger partial charge in [-0.1, -0.05) is 18.2 Å². The molecule has 1 saturated heterocycles. The molecule has 0 aliphatic carbocycles. The summed E-state index contributed by atoms with van der Waals surface area (Å²) in [6, 6.07) is 8.18. The minimum atomic E-state index is 0.0241. The van der Waals surface area contributed by atoms with Crippen molar-refractivity contribution in [3.05, 3.63) is 36.0 Å². The zero-order chi connectivity index (χ0) is 18.5. The van der Waals surface area contributed by atoms with Crippen molar-refractivity contribution in [3.63, 3.8) is 0 Å². The van der Waals surface area contributed by atoms with Gasteiger partial charge in [0.15, 0.2) is 0 Å². The van der Waals surface area contributed by atoms with Crippen molar-refractivity contribution in [1.29, 1.82) is 0 Å². The molecule has 2 aromatic rings. The second-order valence-corrected chi connectivity index (χ2v) is 7.05. The molecular formula is C20H28N4O2. The van der Waals surface area contributed by atoms with Crippen molar-refractivity contribution in [1.82, 2.24) is 19.7 Å². The molecule has 0 bridgehead atoms. The molecule has 2 heterocycles. The van der Waals surface area contributed by atoms with E-state index in [-0.39, 0.29) is 11.8 Å². The maximum absolute atomic E-state index is 12.4. The molecule has 3 rings (SSSR count). The van der Waals surface area contributed by atoms with Crippen molar-refractivity contribution in [2.75, 3.05) is 46.3 Å². The molecule has 1 aliphatic rings. The minimum absolute atomic E-state index is 0.0241. The molecule has 1 N–H and O–H groups in total. The number of aromatic nitrogens is 1. The van der Waals surface area contributed by atoms with Crippen LogP contribution >= 0.6 is 0 Å². The molecule has 0 radical (unpaired) electrons. The number of nitrogens with zero attached hydrogens (tertiary/aromatic N) is 3. The molecule has 0 saturated carbocycles. The standard InChI is InChI=1S/C20H28N4O2/c1-16(25)23(10-8-20(26)24-13-11-22(2)12-14-24)9-7-17-15-21-19-6-4-3-5-18(17)19/h3-6,15,21H,7-14H2,1-2H3. The highest BCUT2D eigenvalue weighted by atomic mass is 16.2. The zero-order valence-corrected chi connectivity index (χ0v) is 15.7. The summed E-state index contributed by atoms with van der Waals surface area (Å²) >= 11 is 0. The number of rotatable bonds is 6. The summed E-state index contributed by atoms with van der Waals surface area (Å²) in [4.78, 5) is 33.6. The number of amides is 2. The Hall–Kier alpha value is -2.34. The van der Waals surface area contributed by atoms with Crippen molar-refractivity contribution in [2.45, 2.75) is 19.8 Å². The number of benzene rings is 1. The Bertz CT molecular complexity index is 762. The van der Waals surface area contributed by atoms with E-state index in [0.717, 1.165) is 38.1 Å². The molecule has 6 heteroatoms. The number of carbonyl (C=O) groups is 2. The fourth-order valence-electron chi connectivity index (χ4n) is 3.47. The lowest BCUT2D eigenvalue weighted by atomic mass is 10.1. The fourth-order valence-corrected chi connectivity index (χ4v) is 3.47. The summed E-state index contributed by atoms with van der Waals surface area (Å²) in [7, 11) is 2.07. The molecule has 0 atom stereocenters. The van der Waals surface area contributed by atoms with E-state index in [9.17, 15) is 9.59 Å². The Balaban J connectivity index is 1.52. The number of nitrogens with one attached hydrogen (secondary N) is 1. The van der Waals surface area contributed by atoms with Gasteiger partial charge in [0.1, 0.15) is 0 Å². The van der Waals surface area contributed by atoms with Crippen molar-refractivity contribution < 1.29 is 9.59 Å². The fraction of sp³-hybridized carbons (Fsp3) is 0.500. The number of carbonyl (C=O) groups excluding carboxylic acids is 2. The monoisotopic (exact) mass is 356 g/mol. The molecule has 140 valence electrons. The molecule has 0 unspecified atom stereocenters. The van der Waals surface area contributed by atoms with E-state index < -0.39 is 0 Å². The van der Waals surface area contributed by atoms with Crippen LogP contribution in [0.3, 0.4) is 0 Å². The Labute approximate surface area is 154 Å². The highest BCUT2D eigenvalue weighted by Gasteiger charge is 2.20. The van der Waals surface area contributed by atoms with Crippen LogP contribution in [0, 0.1) is 0 Å². The largest absolute Gasteiger partial charge is 0.361 e. The van der Waals surface area contributed by atoms with E-state index in [4.69, 9.17) is 0 Å². The van der Waals surface area contributed by atoms with Gasteiger partial charge in [0, 0.05) is 69.7 Å². The van der Waals surface area contributed by atoms with Gasteiger partial charge >= 0.3 is 0 Å². The van der Waals surface area contributed by atoms with Crippen LogP contribution in [0.5, 0.6) is 0 Å². The number of hydrogen-bond donors (Lipinski definition) is 1. The number of likely N-dealkylation sites (N-methyl/N-ethyl adjacent to an activating group) is 1. The zero-order valence-electron chi connectivity index (χ0n) is 15.7. The lowest BCUT2D eigenvalue weighted by Gasteiger charge is -2.33. The molecular weight excluding hydrogens is 328 g/mol. The van der Waals surface area contributed by atoms with Crippen LogP contribution in [0.1, 0.15) is 18.9 Å². The summed E-state index contributed by atoms with van der Waals surface area (Å²) in [5, 5.41) is 1.20. The molecule has 1 fully saturated rings. The van der Waals surface area contributed by atoms with Gasteiger partial charge in [-0.2, -0.15) is 0 Å². The smallest absolute Gasteiger partial charge is 0.224 e. The number of aromatic amines is 1. The third kappa shape index (κ3) is 4.43. The van der Waals surface area contributed by atoms with Gasteiger partial charge in [-0.05, 0) is 25.1 Å². The van der Waals surface area contributed by atoms with E-state index in [1.54, 1.807) is 11.8 Å². The van der Waals surface area contributed by atoms with E-state index in [2.05, 4.69) is 29.1 Å². The van der Waals surface area contributed by atoms with Crippen LogP contribution < -0.4 is 0 Å². The van der Waals surface area contributed by atoms with Gasteiger partial charge in [0.25, 0.3) is 0 Å². The van der Waals surface area contributed by atoms with Crippen molar-refractivity contribution in [2.24, 2.45) is 0 Å². The van der Waals surface area contributed by atoms with Crippen LogP contribution in [-0.2, 0) is 16.0 Å². The van der Waals surface area contributed by atoms with Gasteiger partial charge in [-0.3, -0.25) is 9.59 Å². The molecule has 26 heavy (non-hydrogen) atoms. The van der Waals surface area contributed by atoms with Gasteiger partial charge in [0.05, 0.1) is 0 Å². The average Bonchev–Trinajstić information content (AvgIpc) is 3.05. The van der Waals surface area contributed by atoms with Crippen LogP contribution in [0.25, 0.3) is 10.9 Å². The average molecular weight is 356 g/mol. The second kappa shape index (κ2) is 8.36. The van der Waals surface area contributed by atoms with Crippen molar-refractivity contribution in [3.8, 4) is 0 Å². The minimum Gasteiger partial charge on any atom is -0.361 e. The number of hydrogen-bond acceptors (Lipinski definition) is 3. The lowest BCUT2D eigenvalue weighted by Crippen LogP contribution is -2.48. The second-order valence-electron chi connectivity index (χ2n) is 7.05. The first-order chi connectivity index (χ1) is 12.5. The van der Waals surface area contributed by atoms with E-state index >= 15 is 0 Å². The van der Waals surface area contributed by atoms with Crippen LogP contribution in [0.2, 0.25) is 0 Å². The quantitative estimate of drug-likeness (QED) is 0.857. The third-order valence-electron chi connectivity index (χ3n) is 5.22. The van der Waals surface area contributed by atoms with Crippen molar-refractivity contribution >= 4 is 22.7 Å². The van der Waals surface area contributed by atoms with E-state index in [0.29, 0.717) is 19.5 Å². The highest BCUT2D eigenvalue weighted by Crippen LogP contribution is 2.18. The highest BCUT2D eigenvalue weighted by molar-refractivity contribution is 5.83. The molecule has 2 amide bonds. The Morgan fingerprint density at radius 1 is 1.12 bits per heavy atom. The SMILES string of the molecule is CC(=O)N(CCC(=O)N1CCN(C)CC1)CCc1c[nH]c2ccccc12. The summed E-state index contributed by atoms with van der Waals surface area (Å²) < 4.78 is 0. The number of para-hydroxylation sites is 1. The number of fused-ring (bicyclic) bond motifs is 1. The third-order valence-corrected chi connectivity index (χ3v) is 5.22. The Morgan fingerprint density at radius 3 is 2.58 bits per heavy atom. The van der Waals surface area contributed by atoms with E-state index in [1.807, 2.05) is 23.2 Å². The normalized spacial score (nSPS) is 15.4. The Kier molecular flexibility index (Phi) is 5.93. The van der Waals surface area contributed by atoms with E-state index in [1.165, 1.54) is 10.9 Å². The molecule has 6 nitrogen and oxygen atoms in total. The maximum atomic E-state index is 12.4. The summed E-state index contributed by atoms with van der Waals surface area (Å²) in [6.07, 6.45) is 3.20. The Morgan fingerprint density at radius 2 is 1.85 bits per heavy atom. The lowest BCUT2D eigenvalue weighted by molar-refractivity contribution is -0.134. The van der Waals surface area contributed by atoms with Crippen LogP contribution in [0.4, 0.5) is 0 Å². The first-order valence-electron chi connectivity index (χ1n) is 9.31. The topological polar surface area (TPSA) is 59.7 Å². The molecule has 0 spiro atoms. The summed E-state index contributed by atoms with van der Waals surface area (Å²) in [6.45, 7) is 6.10. The first kappa shape index (κ1) is 18.5. The first-order valence-corrected chi connectivity index (χ1v) is 9.31. The van der Waals surface area contributed by atoms with Crippen LogP contribution in [-0.4, -0.2) is 77.8 Å². The van der Waals surface area contributed by atoms with Gasteiger partial charge in [-0.25, -0.2) is 0 Å².